The summed E-state index contributed by atoms with van der Waals surface area (Å²) in [6.07, 6.45) is 7.77. The lowest BCUT2D eigenvalue weighted by Gasteiger charge is -2.07. The minimum atomic E-state index is -3.84. The minimum Gasteiger partial charge on any atom is -0.484 e. The fraction of sp³-hybridized carbons (Fsp3) is 0.231. The molecule has 0 bridgehead atoms. The number of amides is 1. The Labute approximate surface area is 239 Å². The van der Waals surface area contributed by atoms with Crippen LogP contribution in [-0.4, -0.2) is 44.5 Å². The fourth-order valence-corrected chi connectivity index (χ4v) is 5.58. The monoisotopic (exact) mass is 594 g/mol. The van der Waals surface area contributed by atoms with Gasteiger partial charge in [0.25, 0.3) is 15.9 Å². The van der Waals surface area contributed by atoms with Crippen molar-refractivity contribution in [3.05, 3.63) is 89.3 Å². The summed E-state index contributed by atoms with van der Waals surface area (Å²) in [5, 5.41) is 18.8. The normalized spacial score (nSPS) is 11.3. The van der Waals surface area contributed by atoms with E-state index >= 15 is 0 Å². The van der Waals surface area contributed by atoms with Crippen LogP contribution in [0.3, 0.4) is 0 Å². The summed E-state index contributed by atoms with van der Waals surface area (Å²) < 4.78 is 40.4. The molecule has 5 rings (SSSR count). The highest BCUT2D eigenvalue weighted by molar-refractivity contribution is 7.93. The van der Waals surface area contributed by atoms with Gasteiger partial charge in [-0.15, -0.1) is 15.3 Å². The first kappa shape index (κ1) is 27.9. The molecule has 0 aliphatic heterocycles. The SMILES string of the molecule is Cc1nnc(NS(=O)(=O)c2ccc(NC(=O)c3coc(COc4ccc(CCCCn5ccnn5)cc4)n3)cc2)s1. The molecule has 15 heteroatoms. The fourth-order valence-electron chi connectivity index (χ4n) is 3.76. The van der Waals surface area contributed by atoms with Crippen LogP contribution in [0, 0.1) is 6.92 Å². The first-order valence-electron chi connectivity index (χ1n) is 12.6. The molecule has 0 saturated heterocycles. The van der Waals surface area contributed by atoms with Crippen molar-refractivity contribution >= 4 is 38.1 Å². The number of oxazole rings is 1. The molecule has 0 aliphatic rings. The molecule has 212 valence electrons. The number of aryl methyl sites for hydroxylation is 3. The van der Waals surface area contributed by atoms with E-state index < -0.39 is 15.9 Å². The third-order valence-corrected chi connectivity index (χ3v) is 8.05. The van der Waals surface area contributed by atoms with Crippen molar-refractivity contribution in [2.45, 2.75) is 44.2 Å². The van der Waals surface area contributed by atoms with E-state index in [1.165, 1.54) is 36.1 Å². The van der Waals surface area contributed by atoms with Crippen LogP contribution < -0.4 is 14.8 Å². The number of nitrogens with zero attached hydrogens (tertiary/aromatic N) is 6. The molecule has 0 saturated carbocycles. The van der Waals surface area contributed by atoms with E-state index in [2.05, 4.69) is 35.5 Å². The van der Waals surface area contributed by atoms with Crippen LogP contribution in [0.5, 0.6) is 5.75 Å². The van der Waals surface area contributed by atoms with Gasteiger partial charge in [0.2, 0.25) is 11.0 Å². The number of carbonyl (C=O) groups is 1. The lowest BCUT2D eigenvalue weighted by Crippen LogP contribution is -2.14. The summed E-state index contributed by atoms with van der Waals surface area (Å²) in [7, 11) is -3.84. The smallest absolute Gasteiger partial charge is 0.277 e. The van der Waals surface area contributed by atoms with Crippen molar-refractivity contribution < 1.29 is 22.4 Å². The zero-order valence-corrected chi connectivity index (χ0v) is 23.6. The highest BCUT2D eigenvalue weighted by atomic mass is 32.2. The number of hydrogen-bond donors (Lipinski definition) is 2. The minimum absolute atomic E-state index is 0.0143. The highest BCUT2D eigenvalue weighted by Crippen LogP contribution is 2.21. The standard InChI is InChI=1S/C26H26N8O5S2/c1-18-30-31-26(40-18)32-41(36,37)22-11-7-20(8-12-22)28-25(35)23-16-39-24(29-23)17-38-21-9-5-19(6-10-21)4-2-3-14-34-15-13-27-33-34/h5-13,15-16H,2-4,14,17H2,1H3,(H,28,35)(H,31,32). The molecule has 0 spiro atoms. The molecule has 41 heavy (non-hydrogen) atoms. The lowest BCUT2D eigenvalue weighted by molar-refractivity contribution is 0.102. The average molecular weight is 595 g/mol. The molecule has 0 aliphatic carbocycles. The molecule has 1 amide bonds. The molecule has 5 aromatic rings. The Balaban J connectivity index is 1.07. The van der Waals surface area contributed by atoms with Gasteiger partial charge in [-0.3, -0.25) is 14.2 Å². The maximum absolute atomic E-state index is 12.6. The van der Waals surface area contributed by atoms with Gasteiger partial charge in [-0.1, -0.05) is 28.7 Å². The van der Waals surface area contributed by atoms with Gasteiger partial charge >= 0.3 is 0 Å². The molecule has 2 aromatic carbocycles. The van der Waals surface area contributed by atoms with Crippen molar-refractivity contribution in [1.82, 2.24) is 30.2 Å². The number of benzene rings is 2. The van der Waals surface area contributed by atoms with Crippen molar-refractivity contribution in [2.24, 2.45) is 0 Å². The zero-order chi connectivity index (χ0) is 28.7. The Morgan fingerprint density at radius 3 is 2.59 bits per heavy atom. The van der Waals surface area contributed by atoms with Gasteiger partial charge in [-0.05, 0) is 68.1 Å². The molecule has 0 atom stereocenters. The van der Waals surface area contributed by atoms with Gasteiger partial charge in [-0.2, -0.15) is 0 Å². The van der Waals surface area contributed by atoms with Crippen LogP contribution >= 0.6 is 11.3 Å². The molecule has 13 nitrogen and oxygen atoms in total. The molecule has 0 fully saturated rings. The second-order valence-corrected chi connectivity index (χ2v) is 11.8. The average Bonchev–Trinajstić information content (AvgIpc) is 3.74. The van der Waals surface area contributed by atoms with Crippen LogP contribution in [0.15, 0.2) is 76.5 Å². The first-order chi connectivity index (χ1) is 19.8. The Morgan fingerprint density at radius 2 is 1.88 bits per heavy atom. The summed E-state index contributed by atoms with van der Waals surface area (Å²) >= 11 is 1.13. The summed E-state index contributed by atoms with van der Waals surface area (Å²) in [6.45, 7) is 2.62. The Bertz CT molecular complexity index is 1680. The molecule has 0 radical (unpaired) electrons. The Kier molecular flexibility index (Phi) is 8.64. The highest BCUT2D eigenvalue weighted by Gasteiger charge is 2.18. The molecule has 3 heterocycles. The maximum atomic E-state index is 12.6. The van der Waals surface area contributed by atoms with Gasteiger partial charge in [0.05, 0.1) is 11.1 Å². The van der Waals surface area contributed by atoms with Crippen LogP contribution in [-0.2, 0) is 29.6 Å². The van der Waals surface area contributed by atoms with E-state index in [1.807, 2.05) is 35.1 Å². The summed E-state index contributed by atoms with van der Waals surface area (Å²) in [5.74, 6) is 0.393. The number of aromatic nitrogens is 6. The van der Waals surface area contributed by atoms with Crippen LogP contribution in [0.2, 0.25) is 0 Å². The van der Waals surface area contributed by atoms with E-state index in [4.69, 9.17) is 9.15 Å². The zero-order valence-electron chi connectivity index (χ0n) is 21.9. The third kappa shape index (κ3) is 7.73. The second kappa shape index (κ2) is 12.7. The van der Waals surface area contributed by atoms with Gasteiger partial charge in [0.15, 0.2) is 12.3 Å². The first-order valence-corrected chi connectivity index (χ1v) is 14.9. The van der Waals surface area contributed by atoms with E-state index in [-0.39, 0.29) is 28.2 Å². The third-order valence-electron chi connectivity index (χ3n) is 5.81. The number of rotatable bonds is 13. The molecule has 3 aromatic heterocycles. The summed E-state index contributed by atoms with van der Waals surface area (Å²) in [4.78, 5) is 16.8. The predicted octanol–water partition coefficient (Wildman–Crippen LogP) is 4.08. The number of carbonyl (C=O) groups excluding carboxylic acids is 1. The van der Waals surface area contributed by atoms with Crippen molar-refractivity contribution in [2.75, 3.05) is 10.0 Å². The van der Waals surface area contributed by atoms with Crippen molar-refractivity contribution in [1.29, 1.82) is 0 Å². The molecule has 2 N–H and O–H groups in total. The van der Waals surface area contributed by atoms with E-state index in [1.54, 1.807) is 13.1 Å². The van der Waals surface area contributed by atoms with Crippen molar-refractivity contribution in [3.8, 4) is 5.75 Å². The second-order valence-electron chi connectivity index (χ2n) is 8.89. The van der Waals surface area contributed by atoms with Crippen LogP contribution in [0.4, 0.5) is 10.8 Å². The Hall–Kier alpha value is -4.63. The van der Waals surface area contributed by atoms with Gasteiger partial charge in [0.1, 0.15) is 17.0 Å². The largest absolute Gasteiger partial charge is 0.484 e. The quantitative estimate of drug-likeness (QED) is 0.190. The number of unbranched alkanes of at least 4 members (excludes halogenated alkanes) is 1. The van der Waals surface area contributed by atoms with E-state index in [0.29, 0.717) is 16.4 Å². The topological polar surface area (TPSA) is 167 Å². The summed E-state index contributed by atoms with van der Waals surface area (Å²) in [6, 6.07) is 13.5. The Morgan fingerprint density at radius 1 is 1.07 bits per heavy atom. The number of nitrogens with one attached hydrogen (secondary N) is 2. The van der Waals surface area contributed by atoms with Crippen molar-refractivity contribution in [3.63, 3.8) is 0 Å². The molecular formula is C26H26N8O5S2. The summed E-state index contributed by atoms with van der Waals surface area (Å²) in [5.41, 5.74) is 1.66. The van der Waals surface area contributed by atoms with E-state index in [0.717, 1.165) is 37.1 Å². The maximum Gasteiger partial charge on any atom is 0.277 e. The van der Waals surface area contributed by atoms with Gasteiger partial charge in [-0.25, -0.2) is 13.4 Å². The number of hydrogen-bond acceptors (Lipinski definition) is 11. The molecule has 0 unspecified atom stereocenters. The van der Waals surface area contributed by atoms with Gasteiger partial charge < -0.3 is 14.5 Å². The van der Waals surface area contributed by atoms with Crippen LogP contribution in [0.25, 0.3) is 0 Å². The van der Waals surface area contributed by atoms with Crippen LogP contribution in [0.1, 0.15) is 39.8 Å². The number of sulfonamides is 1. The number of anilines is 2. The molecular weight excluding hydrogens is 568 g/mol. The van der Waals surface area contributed by atoms with Gasteiger partial charge in [0, 0.05) is 18.4 Å². The number of ether oxygens (including phenoxy) is 1. The lowest BCUT2D eigenvalue weighted by atomic mass is 10.1. The van der Waals surface area contributed by atoms with E-state index in [9.17, 15) is 13.2 Å². The predicted molar refractivity (Wildman–Crippen MR) is 150 cm³/mol.